The molecule has 4 atom stereocenters. The quantitative estimate of drug-likeness (QED) is 0.0133. The first-order chi connectivity index (χ1) is 35.9. The lowest BCUT2D eigenvalue weighted by atomic mass is 10.1. The van der Waals surface area contributed by atoms with Gasteiger partial charge in [-0.1, -0.05) is 121 Å². The number of nitrogens with one attached hydrogen (secondary N) is 3. The molecule has 0 radical (unpaired) electrons. The van der Waals surface area contributed by atoms with Crippen molar-refractivity contribution in [3.05, 3.63) is 184 Å². The molecule has 398 valence electrons. The average Bonchev–Trinajstić information content (AvgIpc) is 3.40. The van der Waals surface area contributed by atoms with Crippen LogP contribution in [0, 0.1) is 10.1 Å². The van der Waals surface area contributed by atoms with Gasteiger partial charge in [0, 0.05) is 31.4 Å². The van der Waals surface area contributed by atoms with Crippen molar-refractivity contribution in [1.29, 1.82) is 0 Å². The molecule has 0 heterocycles. The summed E-state index contributed by atoms with van der Waals surface area (Å²) in [6.07, 6.45) is -2.73. The number of hydrogen-bond acceptors (Lipinski definition) is 16. The summed E-state index contributed by atoms with van der Waals surface area (Å²) in [6.45, 7) is 3.27. The van der Waals surface area contributed by atoms with Crippen LogP contribution in [0.4, 0.5) is 10.5 Å². The topological polar surface area (TPSA) is 263 Å². The number of alkyl carbamates (subject to hydrolysis) is 1. The van der Waals surface area contributed by atoms with E-state index in [2.05, 4.69) is 15.7 Å². The van der Waals surface area contributed by atoms with Gasteiger partial charge >= 0.3 is 37.7 Å². The number of nitrogens with zero attached hydrogens (tertiary/aromatic N) is 1. The second-order valence-electron chi connectivity index (χ2n) is 17.8. The minimum Gasteiger partial charge on any atom is -0.461 e. The van der Waals surface area contributed by atoms with Gasteiger partial charge in [0.1, 0.15) is 50.2 Å². The van der Waals surface area contributed by atoms with Crippen LogP contribution >= 0.6 is 7.75 Å². The third kappa shape index (κ3) is 22.1. The van der Waals surface area contributed by atoms with Gasteiger partial charge in [0.05, 0.1) is 18.1 Å². The molecule has 0 saturated heterocycles. The third-order valence-electron chi connectivity index (χ3n) is 10.6. The molecule has 3 N–H and O–H groups in total. The molecule has 0 spiro atoms. The van der Waals surface area contributed by atoms with Crippen LogP contribution in [-0.2, 0) is 94.3 Å². The number of hydrogen-bond donors (Lipinski definition) is 3. The molecule has 0 saturated carbocycles. The van der Waals surface area contributed by atoms with E-state index >= 15 is 0 Å². The number of non-ortho nitro benzene ring substituents is 1. The summed E-state index contributed by atoms with van der Waals surface area (Å²) in [5.41, 5.74) is 1.82. The Kier molecular flexibility index (Phi) is 23.1. The van der Waals surface area contributed by atoms with Crippen LogP contribution < -0.4 is 15.7 Å². The summed E-state index contributed by atoms with van der Waals surface area (Å²) >= 11 is 0. The second kappa shape index (κ2) is 29.8. The number of nitro groups is 1. The fourth-order valence-corrected chi connectivity index (χ4v) is 8.26. The fraction of sp³-hybridized carbons (Fsp3) is 0.333. The molecule has 2 amide bonds. The standard InChI is InChI=1S/C54H61N4O16P/c1-54(2,3)74-53(64)56-45(50(61)69-35-40-18-10-5-11-19-40)28-30-48(59)55-46(51(62)70-36-41-20-12-6-13-21-41)32-33-72-75(67,73-38-43-24-26-44(27-25-43)58(65)66)57-47(52(63)71-37-42-22-14-7-15-23-42)29-31-49(60)68-34-39-16-8-4-9-17-39/h4-27,45-47H,28-38H2,1-3H3,(H,55,59)(H,56,64)(H,57,67). The monoisotopic (exact) mass is 1050 g/mol. The molecule has 0 aliphatic rings. The van der Waals surface area contributed by atoms with E-state index in [4.69, 9.17) is 32.7 Å². The van der Waals surface area contributed by atoms with Crippen LogP contribution in [-0.4, -0.2) is 71.1 Å². The Morgan fingerprint density at radius 1 is 0.520 bits per heavy atom. The van der Waals surface area contributed by atoms with Crippen molar-refractivity contribution < 1.29 is 71.0 Å². The van der Waals surface area contributed by atoms with E-state index in [9.17, 15) is 43.4 Å². The number of amides is 2. The second-order valence-corrected chi connectivity index (χ2v) is 19.6. The van der Waals surface area contributed by atoms with E-state index in [1.54, 1.807) is 136 Å². The normalized spacial score (nSPS) is 13.1. The highest BCUT2D eigenvalue weighted by molar-refractivity contribution is 7.51. The van der Waals surface area contributed by atoms with Gasteiger partial charge in [0.25, 0.3) is 5.69 Å². The van der Waals surface area contributed by atoms with Crippen LogP contribution in [0.15, 0.2) is 146 Å². The zero-order valence-corrected chi connectivity index (χ0v) is 42.7. The van der Waals surface area contributed by atoms with Gasteiger partial charge in [-0.25, -0.2) is 24.0 Å². The molecule has 0 aromatic heterocycles. The smallest absolute Gasteiger partial charge is 0.408 e. The van der Waals surface area contributed by atoms with E-state index in [1.807, 2.05) is 6.07 Å². The predicted molar refractivity (Wildman–Crippen MR) is 271 cm³/mol. The molecule has 0 aliphatic carbocycles. The van der Waals surface area contributed by atoms with Crippen molar-refractivity contribution in [1.82, 2.24) is 15.7 Å². The highest BCUT2D eigenvalue weighted by Gasteiger charge is 2.35. The molecule has 0 bridgehead atoms. The Hall–Kier alpha value is -7.77. The lowest BCUT2D eigenvalue weighted by molar-refractivity contribution is -0.384. The van der Waals surface area contributed by atoms with Crippen LogP contribution in [0.1, 0.15) is 80.7 Å². The Labute approximate surface area is 434 Å². The van der Waals surface area contributed by atoms with E-state index in [1.165, 1.54) is 24.3 Å². The van der Waals surface area contributed by atoms with Gasteiger partial charge in [0.15, 0.2) is 0 Å². The molecule has 0 aliphatic heterocycles. The lowest BCUT2D eigenvalue weighted by Crippen LogP contribution is -2.46. The maximum absolute atomic E-state index is 14.9. The van der Waals surface area contributed by atoms with Gasteiger partial charge in [-0.05, 0) is 73.6 Å². The highest BCUT2D eigenvalue weighted by atomic mass is 31.2. The van der Waals surface area contributed by atoms with Crippen LogP contribution in [0.25, 0.3) is 0 Å². The molecule has 5 aromatic carbocycles. The first-order valence-corrected chi connectivity index (χ1v) is 25.5. The number of esters is 4. The van der Waals surface area contributed by atoms with Crippen molar-refractivity contribution in [3.63, 3.8) is 0 Å². The minimum atomic E-state index is -4.73. The Bertz CT molecular complexity index is 2680. The molecule has 75 heavy (non-hydrogen) atoms. The number of rotatable bonds is 29. The predicted octanol–water partition coefficient (Wildman–Crippen LogP) is 8.50. The Balaban J connectivity index is 1.35. The number of nitro benzene ring substituents is 1. The summed E-state index contributed by atoms with van der Waals surface area (Å²) < 4.78 is 54.0. The van der Waals surface area contributed by atoms with Gasteiger partial charge in [0.2, 0.25) is 5.91 Å². The number of ether oxygens (including phenoxy) is 5. The number of carbonyl (C=O) groups excluding carboxylic acids is 6. The van der Waals surface area contributed by atoms with Crippen molar-refractivity contribution in [3.8, 4) is 0 Å². The fourth-order valence-electron chi connectivity index (χ4n) is 6.75. The minimum absolute atomic E-state index is 0.0491. The molecule has 0 fully saturated rings. The third-order valence-corrected chi connectivity index (χ3v) is 12.2. The van der Waals surface area contributed by atoms with Gasteiger partial charge < -0.3 is 34.3 Å². The summed E-state index contributed by atoms with van der Waals surface area (Å²) in [4.78, 5) is 91.2. The first-order valence-electron chi connectivity index (χ1n) is 23.9. The maximum Gasteiger partial charge on any atom is 0.408 e. The van der Waals surface area contributed by atoms with Crippen molar-refractivity contribution >= 4 is 49.3 Å². The average molecular weight is 1050 g/mol. The van der Waals surface area contributed by atoms with E-state index < -0.39 is 98.3 Å². The summed E-state index contributed by atoms with van der Waals surface area (Å²) in [6, 6.07) is 35.9. The Morgan fingerprint density at radius 2 is 0.933 bits per heavy atom. The summed E-state index contributed by atoms with van der Waals surface area (Å²) in [5.74, 6) is -4.16. The van der Waals surface area contributed by atoms with E-state index in [-0.39, 0.29) is 51.4 Å². The zero-order chi connectivity index (χ0) is 54.1. The van der Waals surface area contributed by atoms with Gasteiger partial charge in [-0.2, -0.15) is 0 Å². The largest absolute Gasteiger partial charge is 0.461 e. The number of carbonyl (C=O) groups is 6. The molecule has 4 unspecified atom stereocenters. The van der Waals surface area contributed by atoms with E-state index in [0.29, 0.717) is 22.3 Å². The summed E-state index contributed by atoms with van der Waals surface area (Å²) in [7, 11) is -4.73. The van der Waals surface area contributed by atoms with Crippen molar-refractivity contribution in [2.75, 3.05) is 6.61 Å². The molecule has 5 aromatic rings. The molecular formula is C54H61N4O16P. The summed E-state index contributed by atoms with van der Waals surface area (Å²) in [5, 5.41) is 19.0. The number of benzene rings is 5. The SMILES string of the molecule is CC(C)(C)OC(=O)NC(CCC(=O)NC(CCOP(=O)(NC(CCC(=O)OCc1ccccc1)C(=O)OCc1ccccc1)OCc1ccc([N+](=O)[O-])cc1)C(=O)OCc1ccccc1)C(=O)OCc1ccccc1. The van der Waals surface area contributed by atoms with Crippen molar-refractivity contribution in [2.24, 2.45) is 0 Å². The van der Waals surface area contributed by atoms with Crippen LogP contribution in [0.2, 0.25) is 0 Å². The zero-order valence-electron chi connectivity index (χ0n) is 41.8. The Morgan fingerprint density at radius 3 is 1.39 bits per heavy atom. The van der Waals surface area contributed by atoms with Crippen molar-refractivity contribution in [2.45, 2.75) is 110 Å². The van der Waals surface area contributed by atoms with Gasteiger partial charge in [-0.15, -0.1) is 0 Å². The first kappa shape index (κ1) is 58.1. The van der Waals surface area contributed by atoms with E-state index in [0.717, 1.165) is 5.56 Å². The van der Waals surface area contributed by atoms with Crippen LogP contribution in [0.5, 0.6) is 0 Å². The molecule has 21 heteroatoms. The van der Waals surface area contributed by atoms with Gasteiger partial charge in [-0.3, -0.25) is 33.5 Å². The maximum atomic E-state index is 14.9. The highest BCUT2D eigenvalue weighted by Crippen LogP contribution is 2.46. The molecular weight excluding hydrogens is 992 g/mol. The molecule has 5 rings (SSSR count). The van der Waals surface area contributed by atoms with Crippen LogP contribution in [0.3, 0.4) is 0 Å². The molecule has 20 nitrogen and oxygen atoms in total. The lowest BCUT2D eigenvalue weighted by Gasteiger charge is -2.25.